The molecule has 2 N–H and O–H groups in total. The van der Waals surface area contributed by atoms with E-state index in [9.17, 15) is 20.0 Å². The second-order valence-electron chi connectivity index (χ2n) is 4.92. The number of carbonyl (C=O) groups excluding carboxylic acids is 1. The van der Waals surface area contributed by atoms with Crippen LogP contribution >= 0.6 is 0 Å². The molecule has 0 bridgehead atoms. The van der Waals surface area contributed by atoms with Crippen molar-refractivity contribution in [3.63, 3.8) is 0 Å². The van der Waals surface area contributed by atoms with Gasteiger partial charge < -0.3 is 10.4 Å². The van der Waals surface area contributed by atoms with Crippen LogP contribution in [0.4, 0.5) is 5.69 Å². The first kappa shape index (κ1) is 16.1. The number of aliphatic hydroxyl groups excluding tert-OH is 1. The fourth-order valence-corrected chi connectivity index (χ4v) is 1.57. The number of carbonyl (C=O) groups is 1. The number of amides is 1. The van der Waals surface area contributed by atoms with Gasteiger partial charge in [-0.05, 0) is 12.3 Å². The van der Waals surface area contributed by atoms with Crippen LogP contribution in [0, 0.1) is 16.0 Å². The van der Waals surface area contributed by atoms with E-state index >= 15 is 0 Å². The third-order valence-electron chi connectivity index (χ3n) is 2.93. The molecule has 0 aliphatic heterocycles. The van der Waals surface area contributed by atoms with Gasteiger partial charge in [-0.1, -0.05) is 13.8 Å². The summed E-state index contributed by atoms with van der Waals surface area (Å²) < 4.78 is 1.36. The van der Waals surface area contributed by atoms with Crippen LogP contribution in [-0.4, -0.2) is 38.4 Å². The maximum absolute atomic E-state index is 11.5. The molecule has 1 unspecified atom stereocenters. The van der Waals surface area contributed by atoms with Gasteiger partial charge >= 0.3 is 5.69 Å². The molecular formula is C12H20N4O4. The Balaban J connectivity index is 2.24. The van der Waals surface area contributed by atoms with Crippen LogP contribution in [0.5, 0.6) is 0 Å². The Morgan fingerprint density at radius 3 is 2.85 bits per heavy atom. The number of rotatable bonds is 8. The summed E-state index contributed by atoms with van der Waals surface area (Å²) >= 11 is 0. The molecule has 20 heavy (non-hydrogen) atoms. The minimum absolute atomic E-state index is 0.0922. The van der Waals surface area contributed by atoms with Gasteiger partial charge in [0.15, 0.2) is 0 Å². The molecule has 112 valence electrons. The van der Waals surface area contributed by atoms with E-state index in [-0.39, 0.29) is 30.5 Å². The van der Waals surface area contributed by atoms with E-state index in [0.29, 0.717) is 13.0 Å². The van der Waals surface area contributed by atoms with Crippen LogP contribution in [-0.2, 0) is 11.3 Å². The Hall–Kier alpha value is -1.96. The van der Waals surface area contributed by atoms with Crippen molar-refractivity contribution in [3.05, 3.63) is 22.5 Å². The number of hydrogen-bond acceptors (Lipinski definition) is 5. The number of nitrogens with one attached hydrogen (secondary N) is 1. The van der Waals surface area contributed by atoms with Crippen molar-refractivity contribution in [1.29, 1.82) is 0 Å². The first-order valence-electron chi connectivity index (χ1n) is 6.51. The van der Waals surface area contributed by atoms with Gasteiger partial charge in [0.05, 0.1) is 11.0 Å². The molecule has 1 heterocycles. The van der Waals surface area contributed by atoms with Crippen LogP contribution in [0.1, 0.15) is 26.7 Å². The van der Waals surface area contributed by atoms with Crippen LogP contribution in [0.15, 0.2) is 12.4 Å². The number of nitrogens with zero attached hydrogens (tertiary/aromatic N) is 3. The van der Waals surface area contributed by atoms with E-state index in [1.165, 1.54) is 10.9 Å². The molecule has 1 atom stereocenters. The standard InChI is InChI=1S/C12H20N4O4/c1-9(2)11(17)3-5-13-12(18)4-6-15-8-10(7-14-15)16(19)20/h7-9,11,17H,3-6H2,1-2H3,(H,13,18). The number of aryl methyl sites for hydroxylation is 1. The Labute approximate surface area is 116 Å². The molecule has 1 amide bonds. The van der Waals surface area contributed by atoms with Crippen LogP contribution in [0.2, 0.25) is 0 Å². The molecule has 8 nitrogen and oxygen atoms in total. The third-order valence-corrected chi connectivity index (χ3v) is 2.93. The fourth-order valence-electron chi connectivity index (χ4n) is 1.57. The highest BCUT2D eigenvalue weighted by Crippen LogP contribution is 2.08. The lowest BCUT2D eigenvalue weighted by molar-refractivity contribution is -0.385. The van der Waals surface area contributed by atoms with E-state index in [2.05, 4.69) is 10.4 Å². The summed E-state index contributed by atoms with van der Waals surface area (Å²) in [6.45, 7) is 4.53. The van der Waals surface area contributed by atoms with Crippen molar-refractivity contribution in [2.24, 2.45) is 5.92 Å². The number of nitro groups is 1. The summed E-state index contributed by atoms with van der Waals surface area (Å²) in [5.41, 5.74) is -0.0922. The summed E-state index contributed by atoms with van der Waals surface area (Å²) in [6.07, 6.45) is 2.71. The summed E-state index contributed by atoms with van der Waals surface area (Å²) in [5.74, 6) is -0.00404. The minimum atomic E-state index is -0.531. The number of hydrogen-bond donors (Lipinski definition) is 2. The average molecular weight is 284 g/mol. The lowest BCUT2D eigenvalue weighted by atomic mass is 10.0. The summed E-state index contributed by atoms with van der Waals surface area (Å²) in [5, 5.41) is 26.5. The maximum Gasteiger partial charge on any atom is 0.306 e. The van der Waals surface area contributed by atoms with Gasteiger partial charge in [-0.25, -0.2) is 0 Å². The second-order valence-corrected chi connectivity index (χ2v) is 4.92. The third kappa shape index (κ3) is 5.35. The summed E-state index contributed by atoms with van der Waals surface area (Å²) in [6, 6.07) is 0. The molecule has 0 saturated heterocycles. The van der Waals surface area contributed by atoms with Crippen LogP contribution in [0.3, 0.4) is 0 Å². The molecule has 0 saturated carbocycles. The Kier molecular flexibility index (Phi) is 6.10. The van der Waals surface area contributed by atoms with Crippen molar-refractivity contribution < 1.29 is 14.8 Å². The van der Waals surface area contributed by atoms with E-state index in [1.807, 2.05) is 13.8 Å². The average Bonchev–Trinajstić information content (AvgIpc) is 2.85. The molecule has 0 aliphatic carbocycles. The van der Waals surface area contributed by atoms with Gasteiger partial charge in [-0.2, -0.15) is 5.10 Å². The quantitative estimate of drug-likeness (QED) is 0.539. The maximum atomic E-state index is 11.5. The van der Waals surface area contributed by atoms with Gasteiger partial charge in [0.25, 0.3) is 0 Å². The highest BCUT2D eigenvalue weighted by atomic mass is 16.6. The smallest absolute Gasteiger partial charge is 0.306 e. The van der Waals surface area contributed by atoms with Crippen LogP contribution in [0.25, 0.3) is 0 Å². The highest BCUT2D eigenvalue weighted by Gasteiger charge is 2.11. The van der Waals surface area contributed by atoms with Gasteiger partial charge in [-0.3, -0.25) is 19.6 Å². The zero-order chi connectivity index (χ0) is 15.1. The van der Waals surface area contributed by atoms with Crippen LogP contribution < -0.4 is 5.32 Å². The molecule has 0 fully saturated rings. The summed E-state index contributed by atoms with van der Waals surface area (Å²) in [7, 11) is 0. The highest BCUT2D eigenvalue weighted by molar-refractivity contribution is 5.75. The first-order chi connectivity index (χ1) is 9.40. The van der Waals surface area contributed by atoms with Gasteiger partial charge in [-0.15, -0.1) is 0 Å². The normalized spacial score (nSPS) is 12.4. The zero-order valence-corrected chi connectivity index (χ0v) is 11.7. The van der Waals surface area contributed by atoms with Crippen molar-refractivity contribution in [2.45, 2.75) is 39.3 Å². The van der Waals surface area contributed by atoms with E-state index in [0.717, 1.165) is 6.20 Å². The number of aliphatic hydroxyl groups is 1. The van der Waals surface area contributed by atoms with E-state index in [4.69, 9.17) is 0 Å². The molecule has 0 radical (unpaired) electrons. The lowest BCUT2D eigenvalue weighted by Crippen LogP contribution is -2.29. The van der Waals surface area contributed by atoms with Crippen molar-refractivity contribution in [3.8, 4) is 0 Å². The second kappa shape index (κ2) is 7.59. The predicted octanol–water partition coefficient (Wildman–Crippen LogP) is 0.705. The predicted molar refractivity (Wildman–Crippen MR) is 72.0 cm³/mol. The molecule has 8 heteroatoms. The monoisotopic (exact) mass is 284 g/mol. The molecule has 0 aromatic carbocycles. The first-order valence-corrected chi connectivity index (χ1v) is 6.51. The Bertz CT molecular complexity index is 458. The fraction of sp³-hybridized carbons (Fsp3) is 0.667. The van der Waals surface area contributed by atoms with Gasteiger partial charge in [0, 0.05) is 19.5 Å². The lowest BCUT2D eigenvalue weighted by Gasteiger charge is -2.14. The van der Waals surface area contributed by atoms with E-state index in [1.54, 1.807) is 0 Å². The molecular weight excluding hydrogens is 264 g/mol. The number of aromatic nitrogens is 2. The minimum Gasteiger partial charge on any atom is -0.393 e. The molecule has 1 aromatic rings. The van der Waals surface area contributed by atoms with E-state index < -0.39 is 11.0 Å². The largest absolute Gasteiger partial charge is 0.393 e. The zero-order valence-electron chi connectivity index (χ0n) is 11.7. The summed E-state index contributed by atoms with van der Waals surface area (Å²) in [4.78, 5) is 21.5. The SMILES string of the molecule is CC(C)C(O)CCNC(=O)CCn1cc([N+](=O)[O-])cn1. The van der Waals surface area contributed by atoms with Gasteiger partial charge in [0.2, 0.25) is 5.91 Å². The Morgan fingerprint density at radius 2 is 2.30 bits per heavy atom. The van der Waals surface area contributed by atoms with Crippen molar-refractivity contribution in [2.75, 3.05) is 6.54 Å². The van der Waals surface area contributed by atoms with Crippen molar-refractivity contribution in [1.82, 2.24) is 15.1 Å². The topological polar surface area (TPSA) is 110 Å². The molecule has 1 rings (SSSR count). The van der Waals surface area contributed by atoms with Crippen molar-refractivity contribution >= 4 is 11.6 Å². The molecule has 0 aliphatic rings. The molecule has 0 spiro atoms. The Morgan fingerprint density at radius 1 is 1.60 bits per heavy atom. The molecule has 1 aromatic heterocycles. The van der Waals surface area contributed by atoms with Gasteiger partial charge in [0.1, 0.15) is 12.4 Å².